The largest absolute Gasteiger partial charge is 0.491 e. The molecule has 1 aliphatic rings. The Labute approximate surface area is 114 Å². The summed E-state index contributed by atoms with van der Waals surface area (Å²) in [5.41, 5.74) is 0.499. The standard InChI is InChI=1S/C13H20N2O3S/c1-19(16,17)15-12-4-2-3-5-13(12)18-10-11-6-8-14-9-7-11/h2-5,11,14-15H,6-10H2,1H3. The minimum absolute atomic E-state index is 0.499. The minimum atomic E-state index is -3.28. The molecule has 1 fully saturated rings. The highest BCUT2D eigenvalue weighted by Gasteiger charge is 2.15. The lowest BCUT2D eigenvalue weighted by Crippen LogP contribution is -2.30. The Bertz CT molecular complexity index is 510. The summed E-state index contributed by atoms with van der Waals surface area (Å²) < 4.78 is 30.8. The fraction of sp³-hybridized carbons (Fsp3) is 0.538. The lowest BCUT2D eigenvalue weighted by atomic mass is 9.99. The van der Waals surface area contributed by atoms with Gasteiger partial charge in [-0.05, 0) is 44.0 Å². The summed E-state index contributed by atoms with van der Waals surface area (Å²) in [5.74, 6) is 1.12. The van der Waals surface area contributed by atoms with Crippen LogP contribution in [-0.2, 0) is 10.0 Å². The summed E-state index contributed by atoms with van der Waals surface area (Å²) in [7, 11) is -3.28. The summed E-state index contributed by atoms with van der Waals surface area (Å²) in [5, 5.41) is 3.31. The van der Waals surface area contributed by atoms with Crippen molar-refractivity contribution in [1.82, 2.24) is 5.32 Å². The third-order valence-electron chi connectivity index (χ3n) is 3.12. The molecule has 0 aliphatic carbocycles. The first kappa shape index (κ1) is 14.1. The molecule has 0 amide bonds. The van der Waals surface area contributed by atoms with Crippen LogP contribution in [0.4, 0.5) is 5.69 Å². The SMILES string of the molecule is CS(=O)(=O)Nc1ccccc1OCC1CCNCC1. The molecule has 0 spiro atoms. The molecular formula is C13H20N2O3S. The van der Waals surface area contributed by atoms with E-state index in [0.29, 0.717) is 24.0 Å². The van der Waals surface area contributed by atoms with Gasteiger partial charge in [-0.15, -0.1) is 0 Å². The molecule has 6 heteroatoms. The highest BCUT2D eigenvalue weighted by Crippen LogP contribution is 2.26. The molecule has 0 radical (unpaired) electrons. The molecule has 2 N–H and O–H groups in total. The third kappa shape index (κ3) is 4.72. The first-order valence-electron chi connectivity index (χ1n) is 6.45. The number of anilines is 1. The van der Waals surface area contributed by atoms with E-state index in [9.17, 15) is 8.42 Å². The Hall–Kier alpha value is -1.27. The Kier molecular flexibility index (Phi) is 4.66. The smallest absolute Gasteiger partial charge is 0.229 e. The van der Waals surface area contributed by atoms with Crippen LogP contribution in [0.5, 0.6) is 5.75 Å². The van der Waals surface area contributed by atoms with Gasteiger partial charge in [0, 0.05) is 0 Å². The lowest BCUT2D eigenvalue weighted by Gasteiger charge is -2.23. The van der Waals surface area contributed by atoms with Gasteiger partial charge in [0.1, 0.15) is 5.75 Å². The monoisotopic (exact) mass is 284 g/mol. The van der Waals surface area contributed by atoms with Crippen molar-refractivity contribution in [2.45, 2.75) is 12.8 Å². The van der Waals surface area contributed by atoms with Crippen molar-refractivity contribution in [3.05, 3.63) is 24.3 Å². The molecule has 0 unspecified atom stereocenters. The number of rotatable bonds is 5. The summed E-state index contributed by atoms with van der Waals surface area (Å²) in [6, 6.07) is 7.11. The summed E-state index contributed by atoms with van der Waals surface area (Å²) in [6.45, 7) is 2.68. The predicted octanol–water partition coefficient (Wildman–Crippen LogP) is 1.44. The second-order valence-corrected chi connectivity index (χ2v) is 6.62. The first-order chi connectivity index (χ1) is 9.04. The molecule has 0 bridgehead atoms. The van der Waals surface area contributed by atoms with Crippen LogP contribution in [0.2, 0.25) is 0 Å². The Morgan fingerprint density at radius 3 is 2.68 bits per heavy atom. The highest BCUT2D eigenvalue weighted by atomic mass is 32.2. The minimum Gasteiger partial charge on any atom is -0.491 e. The third-order valence-corrected chi connectivity index (χ3v) is 3.71. The van der Waals surface area contributed by atoms with Crippen LogP contribution >= 0.6 is 0 Å². The van der Waals surface area contributed by atoms with E-state index in [2.05, 4.69) is 10.0 Å². The molecule has 106 valence electrons. The fourth-order valence-electron chi connectivity index (χ4n) is 2.13. The highest BCUT2D eigenvalue weighted by molar-refractivity contribution is 7.92. The number of hydrogen-bond donors (Lipinski definition) is 2. The van der Waals surface area contributed by atoms with Gasteiger partial charge < -0.3 is 10.1 Å². The maximum absolute atomic E-state index is 11.3. The molecular weight excluding hydrogens is 264 g/mol. The van der Waals surface area contributed by atoms with E-state index in [1.807, 2.05) is 6.07 Å². The van der Waals surface area contributed by atoms with Gasteiger partial charge in [-0.25, -0.2) is 8.42 Å². The zero-order valence-electron chi connectivity index (χ0n) is 11.1. The van der Waals surface area contributed by atoms with Crippen molar-refractivity contribution in [3.63, 3.8) is 0 Å². The molecule has 0 saturated carbocycles. The van der Waals surface area contributed by atoms with Gasteiger partial charge in [-0.2, -0.15) is 0 Å². The van der Waals surface area contributed by atoms with Gasteiger partial charge in [0.15, 0.2) is 0 Å². The van der Waals surface area contributed by atoms with E-state index in [1.165, 1.54) is 0 Å². The second kappa shape index (κ2) is 6.25. The van der Waals surface area contributed by atoms with Crippen LogP contribution < -0.4 is 14.8 Å². The van der Waals surface area contributed by atoms with E-state index < -0.39 is 10.0 Å². The van der Waals surface area contributed by atoms with Gasteiger partial charge in [0.25, 0.3) is 0 Å². The molecule has 19 heavy (non-hydrogen) atoms. The fourth-order valence-corrected chi connectivity index (χ4v) is 2.70. The van der Waals surface area contributed by atoms with Gasteiger partial charge in [0.05, 0.1) is 18.6 Å². The molecule has 0 aromatic heterocycles. The summed E-state index contributed by atoms with van der Waals surface area (Å²) >= 11 is 0. The molecule has 2 rings (SSSR count). The maximum Gasteiger partial charge on any atom is 0.229 e. The predicted molar refractivity (Wildman–Crippen MR) is 76.0 cm³/mol. The molecule has 1 heterocycles. The van der Waals surface area contributed by atoms with Crippen LogP contribution in [0, 0.1) is 5.92 Å². The summed E-state index contributed by atoms with van der Waals surface area (Å²) in [4.78, 5) is 0. The zero-order chi connectivity index (χ0) is 13.7. The Morgan fingerprint density at radius 2 is 2.00 bits per heavy atom. The number of para-hydroxylation sites is 2. The molecule has 1 aromatic rings. The van der Waals surface area contributed by atoms with Crippen molar-refractivity contribution in [1.29, 1.82) is 0 Å². The van der Waals surface area contributed by atoms with Crippen molar-refractivity contribution < 1.29 is 13.2 Å². The van der Waals surface area contributed by atoms with Crippen molar-refractivity contribution in [2.75, 3.05) is 30.7 Å². The van der Waals surface area contributed by atoms with Gasteiger partial charge in [-0.1, -0.05) is 12.1 Å². The van der Waals surface area contributed by atoms with Crippen LogP contribution in [0.1, 0.15) is 12.8 Å². The number of sulfonamides is 1. The molecule has 1 aromatic carbocycles. The lowest BCUT2D eigenvalue weighted by molar-refractivity contribution is 0.216. The normalized spacial score (nSPS) is 17.1. The van der Waals surface area contributed by atoms with E-state index >= 15 is 0 Å². The second-order valence-electron chi connectivity index (χ2n) is 4.87. The van der Waals surface area contributed by atoms with Gasteiger partial charge in [0.2, 0.25) is 10.0 Å². The Morgan fingerprint density at radius 1 is 1.32 bits per heavy atom. The van der Waals surface area contributed by atoms with E-state index in [0.717, 1.165) is 32.2 Å². The van der Waals surface area contributed by atoms with E-state index in [4.69, 9.17) is 4.74 Å². The van der Waals surface area contributed by atoms with Crippen molar-refractivity contribution in [3.8, 4) is 5.75 Å². The van der Waals surface area contributed by atoms with E-state index in [-0.39, 0.29) is 0 Å². The number of piperidine rings is 1. The van der Waals surface area contributed by atoms with Gasteiger partial charge >= 0.3 is 0 Å². The average Bonchev–Trinajstić information content (AvgIpc) is 2.37. The number of ether oxygens (including phenoxy) is 1. The van der Waals surface area contributed by atoms with Crippen LogP contribution in [-0.4, -0.2) is 34.4 Å². The van der Waals surface area contributed by atoms with Crippen LogP contribution in [0.25, 0.3) is 0 Å². The molecule has 1 saturated heterocycles. The Balaban J connectivity index is 1.99. The maximum atomic E-state index is 11.3. The zero-order valence-corrected chi connectivity index (χ0v) is 11.9. The van der Waals surface area contributed by atoms with Crippen molar-refractivity contribution >= 4 is 15.7 Å². The molecule has 1 aliphatic heterocycles. The van der Waals surface area contributed by atoms with Crippen LogP contribution in [0.3, 0.4) is 0 Å². The summed E-state index contributed by atoms with van der Waals surface area (Å²) in [6.07, 6.45) is 3.33. The molecule has 5 nitrogen and oxygen atoms in total. The number of nitrogens with one attached hydrogen (secondary N) is 2. The number of hydrogen-bond acceptors (Lipinski definition) is 4. The van der Waals surface area contributed by atoms with Crippen molar-refractivity contribution in [2.24, 2.45) is 5.92 Å². The van der Waals surface area contributed by atoms with E-state index in [1.54, 1.807) is 18.2 Å². The topological polar surface area (TPSA) is 67.4 Å². The van der Waals surface area contributed by atoms with Crippen LogP contribution in [0.15, 0.2) is 24.3 Å². The first-order valence-corrected chi connectivity index (χ1v) is 8.34. The molecule has 0 atom stereocenters. The quantitative estimate of drug-likeness (QED) is 0.858. The van der Waals surface area contributed by atoms with Gasteiger partial charge in [-0.3, -0.25) is 4.72 Å². The average molecular weight is 284 g/mol. The number of benzene rings is 1.